The fraction of sp³-hybridized carbons (Fsp3) is 0.688. The Morgan fingerprint density at radius 3 is 2.36 bits per heavy atom. The molecule has 0 saturated carbocycles. The Morgan fingerprint density at radius 1 is 1.03 bits per heavy atom. The van der Waals surface area contributed by atoms with Crippen molar-refractivity contribution in [1.29, 1.82) is 0 Å². The summed E-state index contributed by atoms with van der Waals surface area (Å²) in [4.78, 5) is 46.1. The van der Waals surface area contributed by atoms with Crippen LogP contribution >= 0.6 is 15.6 Å². The van der Waals surface area contributed by atoms with Gasteiger partial charge in [-0.05, 0) is 0 Å². The molecule has 21 nitrogen and oxygen atoms in total. The van der Waals surface area contributed by atoms with Crippen LogP contribution < -0.4 is 21.1 Å². The predicted octanol–water partition coefficient (Wildman–Crippen LogP) is -5.89. The van der Waals surface area contributed by atoms with Crippen LogP contribution in [0, 0.1) is 0 Å². The molecule has 0 spiro atoms. The molecule has 3 unspecified atom stereocenters. The maximum absolute atomic E-state index is 12.1. The number of hydrogen-bond donors (Lipinski definition) is 8. The number of hydrogen-bond acceptors (Lipinski definition) is 19. The van der Waals surface area contributed by atoms with Crippen molar-refractivity contribution in [3.05, 3.63) is 16.7 Å². The van der Waals surface area contributed by atoms with Crippen molar-refractivity contribution in [3.8, 4) is 0 Å². The zero-order valence-corrected chi connectivity index (χ0v) is 21.1. The normalized spacial score (nSPS) is 36.6. The summed E-state index contributed by atoms with van der Waals surface area (Å²) in [6.07, 6.45) is -15.5. The summed E-state index contributed by atoms with van der Waals surface area (Å²) in [5.41, 5.74) is 4.48. The number of nitrogen functional groups attached to an aromatic ring is 1. The highest BCUT2D eigenvalue weighted by atomic mass is 31.3. The van der Waals surface area contributed by atoms with Crippen LogP contribution in [0.1, 0.15) is 6.23 Å². The molecule has 11 atom stereocenters. The number of H-pyrrole nitrogens is 1. The lowest BCUT2D eigenvalue weighted by Gasteiger charge is -2.41. The highest BCUT2D eigenvalue weighted by Gasteiger charge is 2.47. The first-order valence-electron chi connectivity index (χ1n) is 10.8. The van der Waals surface area contributed by atoms with Gasteiger partial charge in [0.1, 0.15) is 42.7 Å². The van der Waals surface area contributed by atoms with E-state index in [1.165, 1.54) is 0 Å². The summed E-state index contributed by atoms with van der Waals surface area (Å²) in [5, 5.41) is 59.1. The molecule has 2 saturated heterocycles. The van der Waals surface area contributed by atoms with Gasteiger partial charge in [0.15, 0.2) is 23.7 Å². The third kappa shape index (κ3) is 6.22. The standard InChI is InChI=1S/C16H25N5O16P2/c17-16-19-12-6(13(28)20-16)18-3-21(12)14-10(26)8(24)5(34-14)2-33-38(29,30)37-39(31,32)36-15-11(27)9(25)7(23)4(1-22)35-15/h3-5,7-11,14-15,22-27H,1-2H2,(H,29,30)(H,31,32)(H3,17,19,20,28)/p-2/t4-,5-,7-,8-,9+,10-,11-,14-,15?/m1/s1. The number of aliphatic hydroxyl groups is 6. The van der Waals surface area contributed by atoms with Crippen molar-refractivity contribution in [2.75, 3.05) is 18.9 Å². The van der Waals surface area contributed by atoms with Crippen LogP contribution in [-0.2, 0) is 32.0 Å². The number of nitrogens with two attached hydrogens (primary N) is 1. The number of imidazole rings is 1. The molecule has 4 rings (SSSR count). The number of aromatic nitrogens is 4. The summed E-state index contributed by atoms with van der Waals surface area (Å²) in [6.45, 7) is -2.01. The highest BCUT2D eigenvalue weighted by Crippen LogP contribution is 2.57. The third-order valence-electron chi connectivity index (χ3n) is 5.74. The molecule has 2 fully saturated rings. The summed E-state index contributed by atoms with van der Waals surface area (Å²) in [6, 6.07) is 0. The van der Waals surface area contributed by atoms with Gasteiger partial charge in [0.25, 0.3) is 21.2 Å². The van der Waals surface area contributed by atoms with Gasteiger partial charge < -0.3 is 60.2 Å². The number of rotatable bonds is 9. The van der Waals surface area contributed by atoms with Gasteiger partial charge in [-0.1, -0.05) is 0 Å². The lowest BCUT2D eigenvalue weighted by atomic mass is 10.00. The summed E-state index contributed by atoms with van der Waals surface area (Å²) in [7, 11) is -11.7. The summed E-state index contributed by atoms with van der Waals surface area (Å²) in [5.74, 6) is -0.292. The second-order valence-electron chi connectivity index (χ2n) is 8.40. The maximum Gasteiger partial charge on any atom is 0.280 e. The first kappa shape index (κ1) is 30.1. The lowest BCUT2D eigenvalue weighted by Crippen LogP contribution is -2.59. The van der Waals surface area contributed by atoms with Crippen LogP contribution in [-0.4, -0.2) is 112 Å². The van der Waals surface area contributed by atoms with Gasteiger partial charge in [0.05, 0.1) is 19.5 Å². The van der Waals surface area contributed by atoms with Crippen LogP contribution in [0.5, 0.6) is 0 Å². The summed E-state index contributed by atoms with van der Waals surface area (Å²) >= 11 is 0. The zero-order valence-electron chi connectivity index (χ0n) is 19.3. The number of phosphoric acid groups is 2. The van der Waals surface area contributed by atoms with Gasteiger partial charge in [0, 0.05) is 0 Å². The first-order valence-corrected chi connectivity index (χ1v) is 13.8. The highest BCUT2D eigenvalue weighted by molar-refractivity contribution is 7.59. The van der Waals surface area contributed by atoms with Gasteiger partial charge >= 0.3 is 0 Å². The predicted molar refractivity (Wildman–Crippen MR) is 116 cm³/mol. The van der Waals surface area contributed by atoms with Crippen LogP contribution in [0.25, 0.3) is 11.2 Å². The van der Waals surface area contributed by atoms with E-state index in [2.05, 4.69) is 28.3 Å². The monoisotopic (exact) mass is 603 g/mol. The Morgan fingerprint density at radius 2 is 1.69 bits per heavy atom. The third-order valence-corrected chi connectivity index (χ3v) is 8.27. The average Bonchev–Trinajstić information content (AvgIpc) is 3.38. The molecule has 0 aliphatic carbocycles. The molecule has 220 valence electrons. The van der Waals surface area contributed by atoms with Crippen molar-refractivity contribution in [2.45, 2.75) is 55.2 Å². The number of nitrogens with zero attached hydrogens (tertiary/aromatic N) is 3. The SMILES string of the molecule is Nc1nc2c(ncn2[C@@H]2O[C@H](COP(=O)([O-])OP(=O)([O-])OC3O[C@H](CO)[C@@H](O)[C@H](O)[C@H]3O)[C@@H](O)[C@H]2O)c(=O)[nH]1. The molecule has 2 aliphatic heterocycles. The number of aliphatic hydroxyl groups excluding tert-OH is 6. The van der Waals surface area contributed by atoms with Gasteiger partial charge in [-0.2, -0.15) is 4.98 Å². The lowest BCUT2D eigenvalue weighted by molar-refractivity contribution is -0.305. The first-order chi connectivity index (χ1) is 18.1. The molecule has 0 bridgehead atoms. The van der Waals surface area contributed by atoms with E-state index in [4.69, 9.17) is 20.3 Å². The number of aromatic amines is 1. The molecule has 2 aromatic heterocycles. The van der Waals surface area contributed by atoms with Crippen LogP contribution in [0.4, 0.5) is 5.95 Å². The smallest absolute Gasteiger partial charge is 0.280 e. The topological polar surface area (TPSA) is 337 Å². The van der Waals surface area contributed by atoms with Gasteiger partial charge in [0.2, 0.25) is 5.95 Å². The zero-order chi connectivity index (χ0) is 28.9. The second kappa shape index (κ2) is 11.2. The molecule has 0 aromatic carbocycles. The van der Waals surface area contributed by atoms with E-state index in [-0.39, 0.29) is 17.1 Å². The number of nitrogens with one attached hydrogen (secondary N) is 1. The number of ether oxygens (including phenoxy) is 2. The molecule has 9 N–H and O–H groups in total. The van der Waals surface area contributed by atoms with Gasteiger partial charge in [-0.25, -0.2) is 9.29 Å². The number of anilines is 1. The Balaban J connectivity index is 1.39. The van der Waals surface area contributed by atoms with Crippen LogP contribution in [0.2, 0.25) is 0 Å². The van der Waals surface area contributed by atoms with Crippen molar-refractivity contribution in [3.63, 3.8) is 0 Å². The molecule has 2 aromatic rings. The van der Waals surface area contributed by atoms with Crippen LogP contribution in [0.3, 0.4) is 0 Å². The van der Waals surface area contributed by atoms with E-state index in [0.29, 0.717) is 0 Å². The molecule has 0 radical (unpaired) electrons. The Kier molecular flexibility index (Phi) is 8.60. The fourth-order valence-electron chi connectivity index (χ4n) is 3.84. The quantitative estimate of drug-likeness (QED) is 0.124. The van der Waals surface area contributed by atoms with E-state index >= 15 is 0 Å². The fourth-order valence-corrected chi connectivity index (χ4v) is 5.92. The van der Waals surface area contributed by atoms with Crippen molar-refractivity contribution >= 4 is 32.8 Å². The van der Waals surface area contributed by atoms with Gasteiger partial charge in [-0.15, -0.1) is 0 Å². The van der Waals surface area contributed by atoms with E-state index < -0.39 is 89.7 Å². The van der Waals surface area contributed by atoms with E-state index in [0.717, 1.165) is 10.9 Å². The Labute approximate surface area is 216 Å². The van der Waals surface area contributed by atoms with Crippen molar-refractivity contribution in [2.24, 2.45) is 0 Å². The van der Waals surface area contributed by atoms with E-state index in [1.807, 2.05) is 0 Å². The molecule has 23 heteroatoms. The minimum absolute atomic E-state index is 0.135. The van der Waals surface area contributed by atoms with Crippen LogP contribution in [0.15, 0.2) is 11.1 Å². The Bertz CT molecular complexity index is 1340. The molecule has 0 amide bonds. The molecule has 39 heavy (non-hydrogen) atoms. The minimum Gasteiger partial charge on any atom is -0.756 e. The van der Waals surface area contributed by atoms with Gasteiger partial charge in [-0.3, -0.25) is 28.0 Å². The number of phosphoric ester groups is 2. The molecule has 4 heterocycles. The van der Waals surface area contributed by atoms with Crippen molar-refractivity contribution < 1.29 is 72.4 Å². The molecular weight excluding hydrogens is 580 g/mol. The molecular formula is C16H23N5O16P2-2. The largest absolute Gasteiger partial charge is 0.756 e. The maximum atomic E-state index is 12.1. The van der Waals surface area contributed by atoms with E-state index in [9.17, 15) is 49.2 Å². The molecule has 2 aliphatic rings. The average molecular weight is 603 g/mol. The minimum atomic E-state index is -5.91. The second-order valence-corrected chi connectivity index (χ2v) is 11.3. The number of fused-ring (bicyclic) bond motifs is 1. The van der Waals surface area contributed by atoms with Crippen molar-refractivity contribution in [1.82, 2.24) is 19.5 Å². The summed E-state index contributed by atoms with van der Waals surface area (Å²) < 4.78 is 48.1. The Hall–Kier alpha value is -1.91. The van der Waals surface area contributed by atoms with E-state index in [1.54, 1.807) is 0 Å².